The van der Waals surface area contributed by atoms with Crippen LogP contribution in [0.4, 0.5) is 0 Å². The van der Waals surface area contributed by atoms with Crippen LogP contribution in [0.25, 0.3) is 0 Å². The molecule has 0 saturated heterocycles. The SMILES string of the molecule is COC(=O)c1ccc(C(C)=O)c(C)c1C. The largest absolute Gasteiger partial charge is 0.465 e. The summed E-state index contributed by atoms with van der Waals surface area (Å²) in [6.07, 6.45) is 0. The fourth-order valence-electron chi connectivity index (χ4n) is 1.53. The number of carbonyl (C=O) groups is 2. The minimum atomic E-state index is -0.370. The van der Waals surface area contributed by atoms with Crippen molar-refractivity contribution in [3.8, 4) is 0 Å². The lowest BCUT2D eigenvalue weighted by Gasteiger charge is -2.09. The number of Topliss-reactive ketones (excluding diaryl/α,β-unsaturated/α-hetero) is 1. The number of ketones is 1. The fraction of sp³-hybridized carbons (Fsp3) is 0.333. The Balaban J connectivity index is 3.33. The van der Waals surface area contributed by atoms with Gasteiger partial charge in [-0.1, -0.05) is 6.07 Å². The highest BCUT2D eigenvalue weighted by Crippen LogP contribution is 2.18. The number of benzene rings is 1. The summed E-state index contributed by atoms with van der Waals surface area (Å²) in [5.41, 5.74) is 2.81. The molecule has 1 aromatic carbocycles. The highest BCUT2D eigenvalue weighted by Gasteiger charge is 2.14. The quantitative estimate of drug-likeness (QED) is 0.550. The minimum Gasteiger partial charge on any atom is -0.465 e. The maximum absolute atomic E-state index is 11.4. The van der Waals surface area contributed by atoms with Crippen molar-refractivity contribution in [1.29, 1.82) is 0 Å². The highest BCUT2D eigenvalue weighted by atomic mass is 16.5. The van der Waals surface area contributed by atoms with E-state index in [0.29, 0.717) is 11.1 Å². The zero-order valence-electron chi connectivity index (χ0n) is 9.38. The van der Waals surface area contributed by atoms with E-state index in [1.807, 2.05) is 13.8 Å². The van der Waals surface area contributed by atoms with E-state index in [9.17, 15) is 9.59 Å². The standard InChI is InChI=1S/C12H14O3/c1-7-8(2)11(12(14)15-4)6-5-10(7)9(3)13/h5-6H,1-4H3. The van der Waals surface area contributed by atoms with Crippen molar-refractivity contribution in [1.82, 2.24) is 0 Å². The lowest BCUT2D eigenvalue weighted by Crippen LogP contribution is -2.07. The summed E-state index contributed by atoms with van der Waals surface area (Å²) in [6.45, 7) is 5.16. The van der Waals surface area contributed by atoms with E-state index in [1.54, 1.807) is 12.1 Å². The van der Waals surface area contributed by atoms with Gasteiger partial charge in [0.05, 0.1) is 12.7 Å². The van der Waals surface area contributed by atoms with Gasteiger partial charge in [-0.2, -0.15) is 0 Å². The number of rotatable bonds is 2. The van der Waals surface area contributed by atoms with Crippen molar-refractivity contribution in [2.45, 2.75) is 20.8 Å². The molecule has 15 heavy (non-hydrogen) atoms. The molecule has 0 unspecified atom stereocenters. The lowest BCUT2D eigenvalue weighted by atomic mass is 9.96. The maximum atomic E-state index is 11.4. The Hall–Kier alpha value is -1.64. The molecule has 0 spiro atoms. The fourth-order valence-corrected chi connectivity index (χ4v) is 1.53. The Morgan fingerprint density at radius 3 is 2.00 bits per heavy atom. The molecule has 0 amide bonds. The normalized spacial score (nSPS) is 9.87. The summed E-state index contributed by atoms with van der Waals surface area (Å²) in [5.74, 6) is -0.363. The van der Waals surface area contributed by atoms with Crippen LogP contribution in [0.3, 0.4) is 0 Å². The molecule has 0 atom stereocenters. The zero-order valence-corrected chi connectivity index (χ0v) is 9.38. The van der Waals surface area contributed by atoms with E-state index >= 15 is 0 Å². The van der Waals surface area contributed by atoms with Crippen LogP contribution in [0, 0.1) is 13.8 Å². The van der Waals surface area contributed by atoms with Crippen LogP contribution in [-0.2, 0) is 4.74 Å². The number of carbonyl (C=O) groups excluding carboxylic acids is 2. The number of hydrogen-bond acceptors (Lipinski definition) is 3. The topological polar surface area (TPSA) is 43.4 Å². The van der Waals surface area contributed by atoms with E-state index < -0.39 is 0 Å². The zero-order chi connectivity index (χ0) is 11.6. The van der Waals surface area contributed by atoms with Crippen LogP contribution in [0.2, 0.25) is 0 Å². The number of methoxy groups -OCH3 is 1. The Bertz CT molecular complexity index is 419. The van der Waals surface area contributed by atoms with Gasteiger partial charge in [0, 0.05) is 5.56 Å². The molecule has 1 rings (SSSR count). The van der Waals surface area contributed by atoms with E-state index in [4.69, 9.17) is 0 Å². The molecule has 0 aliphatic carbocycles. The first kappa shape index (κ1) is 11.4. The summed E-state index contributed by atoms with van der Waals surface area (Å²) in [7, 11) is 1.34. The molecule has 0 aliphatic heterocycles. The third-order valence-electron chi connectivity index (χ3n) is 2.57. The molecule has 3 nitrogen and oxygen atoms in total. The maximum Gasteiger partial charge on any atom is 0.338 e. The van der Waals surface area contributed by atoms with Gasteiger partial charge >= 0.3 is 5.97 Å². The van der Waals surface area contributed by atoms with Crippen molar-refractivity contribution < 1.29 is 14.3 Å². The number of hydrogen-bond donors (Lipinski definition) is 0. The van der Waals surface area contributed by atoms with Crippen LogP contribution in [-0.4, -0.2) is 18.9 Å². The van der Waals surface area contributed by atoms with Gasteiger partial charge in [-0.05, 0) is 38.0 Å². The smallest absolute Gasteiger partial charge is 0.338 e. The summed E-state index contributed by atoms with van der Waals surface area (Å²) in [6, 6.07) is 3.29. The average Bonchev–Trinajstić information content (AvgIpc) is 2.20. The molecule has 0 aromatic heterocycles. The Morgan fingerprint density at radius 1 is 1.07 bits per heavy atom. The summed E-state index contributed by atoms with van der Waals surface area (Å²) in [5, 5.41) is 0. The summed E-state index contributed by atoms with van der Waals surface area (Å²) < 4.78 is 4.65. The molecule has 0 N–H and O–H groups in total. The minimum absolute atomic E-state index is 0.00650. The van der Waals surface area contributed by atoms with Gasteiger partial charge in [0.2, 0.25) is 0 Å². The third-order valence-corrected chi connectivity index (χ3v) is 2.57. The molecule has 1 aromatic rings. The second-order valence-corrected chi connectivity index (χ2v) is 3.46. The molecule has 3 heteroatoms. The summed E-state index contributed by atoms with van der Waals surface area (Å²) in [4.78, 5) is 22.6. The summed E-state index contributed by atoms with van der Waals surface area (Å²) >= 11 is 0. The number of esters is 1. The van der Waals surface area contributed by atoms with Crippen molar-refractivity contribution in [3.05, 3.63) is 34.4 Å². The van der Waals surface area contributed by atoms with Crippen LogP contribution >= 0.6 is 0 Å². The molecule has 0 aliphatic rings. The van der Waals surface area contributed by atoms with Crippen LogP contribution < -0.4 is 0 Å². The second kappa shape index (κ2) is 4.26. The van der Waals surface area contributed by atoms with Gasteiger partial charge in [-0.25, -0.2) is 4.79 Å². The Labute approximate surface area is 89.1 Å². The molecular weight excluding hydrogens is 192 g/mol. The van der Waals surface area contributed by atoms with E-state index in [2.05, 4.69) is 4.74 Å². The number of ether oxygens (including phenoxy) is 1. The van der Waals surface area contributed by atoms with Crippen LogP contribution in [0.5, 0.6) is 0 Å². The highest BCUT2D eigenvalue weighted by molar-refractivity contribution is 5.98. The lowest BCUT2D eigenvalue weighted by molar-refractivity contribution is 0.0599. The Morgan fingerprint density at radius 2 is 1.53 bits per heavy atom. The van der Waals surface area contributed by atoms with Crippen molar-refractivity contribution in [2.24, 2.45) is 0 Å². The van der Waals surface area contributed by atoms with E-state index in [0.717, 1.165) is 11.1 Å². The van der Waals surface area contributed by atoms with Gasteiger partial charge in [0.25, 0.3) is 0 Å². The van der Waals surface area contributed by atoms with E-state index in [1.165, 1.54) is 14.0 Å². The first-order valence-corrected chi connectivity index (χ1v) is 4.68. The Kier molecular flexibility index (Phi) is 3.24. The van der Waals surface area contributed by atoms with Crippen molar-refractivity contribution >= 4 is 11.8 Å². The molecule has 80 valence electrons. The first-order valence-electron chi connectivity index (χ1n) is 4.68. The molecule has 0 radical (unpaired) electrons. The molecule has 0 heterocycles. The van der Waals surface area contributed by atoms with Gasteiger partial charge in [0.1, 0.15) is 0 Å². The van der Waals surface area contributed by atoms with Gasteiger partial charge in [-0.3, -0.25) is 4.79 Å². The van der Waals surface area contributed by atoms with Crippen molar-refractivity contribution in [3.63, 3.8) is 0 Å². The predicted molar refractivity (Wildman–Crippen MR) is 57.3 cm³/mol. The van der Waals surface area contributed by atoms with Crippen LogP contribution in [0.15, 0.2) is 12.1 Å². The second-order valence-electron chi connectivity index (χ2n) is 3.46. The van der Waals surface area contributed by atoms with Gasteiger partial charge in [-0.15, -0.1) is 0 Å². The van der Waals surface area contributed by atoms with E-state index in [-0.39, 0.29) is 11.8 Å². The third kappa shape index (κ3) is 2.06. The van der Waals surface area contributed by atoms with Crippen molar-refractivity contribution in [2.75, 3.05) is 7.11 Å². The van der Waals surface area contributed by atoms with Crippen LogP contribution in [0.1, 0.15) is 38.8 Å². The van der Waals surface area contributed by atoms with Gasteiger partial charge < -0.3 is 4.74 Å². The molecule has 0 saturated carbocycles. The average molecular weight is 206 g/mol. The molecule has 0 bridgehead atoms. The molecule has 0 fully saturated rings. The first-order chi connectivity index (χ1) is 6.99. The predicted octanol–water partition coefficient (Wildman–Crippen LogP) is 2.29. The van der Waals surface area contributed by atoms with Gasteiger partial charge in [0.15, 0.2) is 5.78 Å². The molecular formula is C12H14O3. The monoisotopic (exact) mass is 206 g/mol.